The lowest BCUT2D eigenvalue weighted by molar-refractivity contribution is -0.149. The number of amides is 5. The van der Waals surface area contributed by atoms with Gasteiger partial charge in [0, 0.05) is 47.2 Å². The Morgan fingerprint density at radius 2 is 1.41 bits per heavy atom. The van der Waals surface area contributed by atoms with Crippen LogP contribution in [0.15, 0.2) is 30.3 Å². The van der Waals surface area contributed by atoms with Gasteiger partial charge in [0.05, 0.1) is 36.6 Å². The second kappa shape index (κ2) is 23.7. The van der Waals surface area contributed by atoms with Gasteiger partial charge in [-0.05, 0) is 42.1 Å². The van der Waals surface area contributed by atoms with Crippen LogP contribution in [0, 0.1) is 35.5 Å². The first-order chi connectivity index (χ1) is 27.6. The number of ether oxygens (including phenoxy) is 2. The van der Waals surface area contributed by atoms with Crippen molar-refractivity contribution in [2.75, 3.05) is 34.9 Å². The van der Waals surface area contributed by atoms with Crippen LogP contribution in [0.1, 0.15) is 100 Å². The fourth-order valence-electron chi connectivity index (χ4n) is 8.30. The summed E-state index contributed by atoms with van der Waals surface area (Å²) in [4.78, 5) is 86.5. The second-order valence-electron chi connectivity index (χ2n) is 17.6. The SMILES string of the molecule is CC[C@H](C)[C@@H]([C@@H](CC(=O)N1CCC[C@H]1[C@H](OC)[C@@H](C)C(=O)N[C@@H](Cc1ccccc1)C(=O)O)OC)N(C)C(=O)[C@@H](NC(=O)[C@H](C(C)C)N(C)C(=O)[C@@H](C)C(C)C)C(C)C. The van der Waals surface area contributed by atoms with Crippen molar-refractivity contribution in [1.29, 1.82) is 0 Å². The molecule has 0 aliphatic carbocycles. The Morgan fingerprint density at radius 1 is 0.797 bits per heavy atom. The van der Waals surface area contributed by atoms with Gasteiger partial charge in [-0.15, -0.1) is 0 Å². The molecule has 14 nitrogen and oxygen atoms in total. The number of benzene rings is 1. The molecule has 1 aliphatic heterocycles. The molecule has 334 valence electrons. The minimum Gasteiger partial charge on any atom is -0.480 e. The number of rotatable bonds is 23. The third-order valence-corrected chi connectivity index (χ3v) is 12.4. The number of carbonyl (C=O) groups is 6. The Balaban J connectivity index is 2.31. The number of carbonyl (C=O) groups excluding carboxylic acids is 5. The van der Waals surface area contributed by atoms with Gasteiger partial charge in [0.25, 0.3) is 0 Å². The van der Waals surface area contributed by atoms with Crippen LogP contribution < -0.4 is 10.6 Å². The Labute approximate surface area is 353 Å². The number of methoxy groups -OCH3 is 2. The van der Waals surface area contributed by atoms with Crippen LogP contribution in [0.5, 0.6) is 0 Å². The van der Waals surface area contributed by atoms with Crippen molar-refractivity contribution in [2.45, 2.75) is 144 Å². The number of likely N-dealkylation sites (tertiary alicyclic amines) is 1. The van der Waals surface area contributed by atoms with Crippen molar-refractivity contribution < 1.29 is 43.3 Å². The van der Waals surface area contributed by atoms with Crippen LogP contribution in [0.2, 0.25) is 0 Å². The van der Waals surface area contributed by atoms with Crippen molar-refractivity contribution in [1.82, 2.24) is 25.3 Å². The van der Waals surface area contributed by atoms with Gasteiger partial charge >= 0.3 is 5.97 Å². The summed E-state index contributed by atoms with van der Waals surface area (Å²) >= 11 is 0. The van der Waals surface area contributed by atoms with Crippen molar-refractivity contribution >= 4 is 35.5 Å². The van der Waals surface area contributed by atoms with Crippen LogP contribution in [0.4, 0.5) is 0 Å². The molecule has 0 bridgehead atoms. The molecular weight excluding hydrogens is 755 g/mol. The summed E-state index contributed by atoms with van der Waals surface area (Å²) in [6.07, 6.45) is 0.593. The highest BCUT2D eigenvalue weighted by molar-refractivity contribution is 5.93. The fourth-order valence-corrected chi connectivity index (χ4v) is 8.30. The lowest BCUT2D eigenvalue weighted by Crippen LogP contribution is -2.60. The van der Waals surface area contributed by atoms with Crippen LogP contribution in [-0.4, -0.2) is 133 Å². The number of aliphatic carboxylic acids is 1. The second-order valence-corrected chi connectivity index (χ2v) is 17.6. The van der Waals surface area contributed by atoms with E-state index in [4.69, 9.17) is 9.47 Å². The predicted molar refractivity (Wildman–Crippen MR) is 228 cm³/mol. The van der Waals surface area contributed by atoms with Gasteiger partial charge in [-0.2, -0.15) is 0 Å². The van der Waals surface area contributed by atoms with Crippen molar-refractivity contribution in [2.24, 2.45) is 35.5 Å². The predicted octanol–water partition coefficient (Wildman–Crippen LogP) is 4.63. The molecule has 1 aromatic rings. The minimum atomic E-state index is -1.15. The summed E-state index contributed by atoms with van der Waals surface area (Å²) in [5, 5.41) is 15.6. The molecule has 1 saturated heterocycles. The molecule has 1 aromatic carbocycles. The van der Waals surface area contributed by atoms with Gasteiger partial charge in [-0.25, -0.2) is 4.79 Å². The summed E-state index contributed by atoms with van der Waals surface area (Å²) in [7, 11) is 6.33. The number of nitrogens with one attached hydrogen (secondary N) is 2. The highest BCUT2D eigenvalue weighted by atomic mass is 16.5. The van der Waals surface area contributed by atoms with E-state index >= 15 is 0 Å². The number of hydrogen-bond donors (Lipinski definition) is 3. The van der Waals surface area contributed by atoms with Crippen molar-refractivity contribution in [3.8, 4) is 0 Å². The topological polar surface area (TPSA) is 175 Å². The van der Waals surface area contributed by atoms with Gasteiger partial charge in [-0.1, -0.05) is 106 Å². The van der Waals surface area contributed by atoms with E-state index in [1.807, 2.05) is 80.5 Å². The van der Waals surface area contributed by atoms with E-state index in [-0.39, 0.29) is 60.2 Å². The maximum atomic E-state index is 14.5. The summed E-state index contributed by atoms with van der Waals surface area (Å²) in [5.41, 5.74) is 0.774. The Kier molecular flexibility index (Phi) is 20.5. The number of carboxylic acids is 1. The minimum absolute atomic E-state index is 0.0517. The average molecular weight is 830 g/mol. The fraction of sp³-hybridized carbons (Fsp3) is 0.733. The summed E-state index contributed by atoms with van der Waals surface area (Å²) in [6, 6.07) is 5.23. The first-order valence-corrected chi connectivity index (χ1v) is 21.4. The maximum absolute atomic E-state index is 14.5. The van der Waals surface area contributed by atoms with Crippen LogP contribution in [0.25, 0.3) is 0 Å². The zero-order valence-corrected chi connectivity index (χ0v) is 38.2. The third kappa shape index (κ3) is 13.5. The monoisotopic (exact) mass is 830 g/mol. The van der Waals surface area contributed by atoms with Gasteiger partial charge in [0.15, 0.2) is 0 Å². The quantitative estimate of drug-likeness (QED) is 0.142. The third-order valence-electron chi connectivity index (χ3n) is 12.4. The normalized spacial score (nSPS) is 18.9. The molecule has 2 rings (SSSR count). The van der Waals surface area contributed by atoms with E-state index < -0.39 is 66.1 Å². The zero-order chi connectivity index (χ0) is 44.9. The van der Waals surface area contributed by atoms with Crippen molar-refractivity contribution in [3.63, 3.8) is 0 Å². The molecule has 0 unspecified atom stereocenters. The van der Waals surface area contributed by atoms with E-state index in [1.54, 1.807) is 43.0 Å². The van der Waals surface area contributed by atoms with Crippen LogP contribution in [0.3, 0.4) is 0 Å². The van der Waals surface area contributed by atoms with Gasteiger partial charge in [0.2, 0.25) is 29.5 Å². The molecule has 59 heavy (non-hydrogen) atoms. The largest absolute Gasteiger partial charge is 0.480 e. The molecule has 0 radical (unpaired) electrons. The molecule has 1 heterocycles. The van der Waals surface area contributed by atoms with E-state index in [1.165, 1.54) is 19.1 Å². The molecular formula is C45H75N5O9. The molecule has 0 spiro atoms. The number of nitrogens with zero attached hydrogens (tertiary/aromatic N) is 3. The van der Waals surface area contributed by atoms with E-state index in [2.05, 4.69) is 10.6 Å². The van der Waals surface area contributed by atoms with Crippen molar-refractivity contribution in [3.05, 3.63) is 35.9 Å². The molecule has 1 aliphatic rings. The van der Waals surface area contributed by atoms with E-state index in [0.29, 0.717) is 25.8 Å². The highest BCUT2D eigenvalue weighted by Gasteiger charge is 2.44. The Morgan fingerprint density at radius 3 is 1.90 bits per heavy atom. The summed E-state index contributed by atoms with van der Waals surface area (Å²) < 4.78 is 11.9. The first kappa shape index (κ1) is 51.1. The molecule has 1 fully saturated rings. The standard InChI is InChI=1S/C45H75N5O9/c1-15-29(8)39(49(12)44(55)37(27(4)5)47-42(53)38(28(6)7)48(11)43(54)30(9)26(2)3)35(58-13)25-36(51)50-23-19-22-34(50)40(59-14)31(10)41(52)46-33(45(56)57)24-32-20-17-16-18-21-32/h16-18,20-21,26-31,33-35,37-40H,15,19,22-25H2,1-14H3,(H,46,52)(H,47,53)(H,56,57)/t29-,30-,31+,33-,34-,35+,37-,38-,39-,40+/m0/s1. The Hall–Kier alpha value is -4.04. The van der Waals surface area contributed by atoms with E-state index in [0.717, 1.165) is 5.56 Å². The molecule has 14 heteroatoms. The highest BCUT2D eigenvalue weighted by Crippen LogP contribution is 2.30. The first-order valence-electron chi connectivity index (χ1n) is 21.4. The molecule has 0 aromatic heterocycles. The number of carboxylic acid groups (broad SMARTS) is 1. The lowest BCUT2D eigenvalue weighted by atomic mass is 9.89. The van der Waals surface area contributed by atoms with Crippen LogP contribution >= 0.6 is 0 Å². The molecule has 5 amide bonds. The number of hydrogen-bond acceptors (Lipinski definition) is 8. The smallest absolute Gasteiger partial charge is 0.326 e. The van der Waals surface area contributed by atoms with E-state index in [9.17, 15) is 33.9 Å². The lowest BCUT2D eigenvalue weighted by Gasteiger charge is -2.41. The summed E-state index contributed by atoms with van der Waals surface area (Å²) in [6.45, 7) is 19.4. The number of likely N-dealkylation sites (N-methyl/N-ethyl adjacent to an activating group) is 2. The zero-order valence-electron chi connectivity index (χ0n) is 38.2. The average Bonchev–Trinajstić information content (AvgIpc) is 3.68. The molecule has 10 atom stereocenters. The Bertz CT molecular complexity index is 1540. The summed E-state index contributed by atoms with van der Waals surface area (Å²) in [5.74, 6) is -4.30. The van der Waals surface area contributed by atoms with Gasteiger partial charge < -0.3 is 39.9 Å². The van der Waals surface area contributed by atoms with Gasteiger partial charge in [0.1, 0.15) is 18.1 Å². The maximum Gasteiger partial charge on any atom is 0.326 e. The van der Waals surface area contributed by atoms with Gasteiger partial charge in [-0.3, -0.25) is 24.0 Å². The van der Waals surface area contributed by atoms with Crippen LogP contribution in [-0.2, 0) is 44.7 Å². The molecule has 3 N–H and O–H groups in total. The molecule has 0 saturated carbocycles.